The van der Waals surface area contributed by atoms with Crippen molar-refractivity contribution in [1.82, 2.24) is 14.7 Å². The van der Waals surface area contributed by atoms with Gasteiger partial charge in [0, 0.05) is 20.3 Å². The van der Waals surface area contributed by atoms with E-state index in [1.807, 2.05) is 6.07 Å². The van der Waals surface area contributed by atoms with Gasteiger partial charge in [0.15, 0.2) is 5.69 Å². The van der Waals surface area contributed by atoms with Crippen molar-refractivity contribution in [3.8, 4) is 5.69 Å². The van der Waals surface area contributed by atoms with Gasteiger partial charge in [0.2, 0.25) is 0 Å². The van der Waals surface area contributed by atoms with Crippen LogP contribution in [0.4, 0.5) is 4.39 Å². The molecule has 2 rings (SSSR count). The van der Waals surface area contributed by atoms with Gasteiger partial charge in [-0.3, -0.25) is 4.79 Å². The summed E-state index contributed by atoms with van der Waals surface area (Å²) >= 11 is 0. The van der Waals surface area contributed by atoms with E-state index in [0.29, 0.717) is 24.3 Å². The highest BCUT2D eigenvalue weighted by Crippen LogP contribution is 2.14. The van der Waals surface area contributed by atoms with Crippen LogP contribution in [-0.4, -0.2) is 41.2 Å². The molecule has 106 valence electrons. The molecule has 20 heavy (non-hydrogen) atoms. The second-order valence-corrected chi connectivity index (χ2v) is 4.70. The molecule has 0 unspecified atom stereocenters. The van der Waals surface area contributed by atoms with E-state index in [1.165, 1.54) is 21.7 Å². The highest BCUT2D eigenvalue weighted by atomic mass is 19.1. The van der Waals surface area contributed by atoms with Gasteiger partial charge in [0.05, 0.1) is 5.69 Å². The number of nitrogens with zero attached hydrogens (tertiary/aromatic N) is 3. The number of halogens is 1. The predicted molar refractivity (Wildman–Crippen MR) is 74.3 cm³/mol. The van der Waals surface area contributed by atoms with Gasteiger partial charge in [-0.1, -0.05) is 0 Å². The molecule has 1 aromatic carbocycles. The number of aromatic nitrogens is 2. The van der Waals surface area contributed by atoms with Gasteiger partial charge < -0.3 is 10.6 Å². The van der Waals surface area contributed by atoms with Crippen molar-refractivity contribution in [2.24, 2.45) is 5.73 Å². The third-order valence-electron chi connectivity index (χ3n) is 2.85. The lowest BCUT2D eigenvalue weighted by Crippen LogP contribution is -2.22. The second-order valence-electron chi connectivity index (χ2n) is 4.70. The fraction of sp³-hybridized carbons (Fsp3) is 0.286. The van der Waals surface area contributed by atoms with E-state index in [2.05, 4.69) is 5.10 Å². The Morgan fingerprint density at radius 2 is 2.15 bits per heavy atom. The summed E-state index contributed by atoms with van der Waals surface area (Å²) in [5.74, 6) is -0.538. The van der Waals surface area contributed by atoms with Crippen LogP contribution in [-0.2, 0) is 6.42 Å². The normalized spacial score (nSPS) is 10.6. The van der Waals surface area contributed by atoms with Crippen LogP contribution < -0.4 is 5.73 Å². The minimum Gasteiger partial charge on any atom is -0.343 e. The Kier molecular flexibility index (Phi) is 4.14. The first kappa shape index (κ1) is 14.2. The quantitative estimate of drug-likeness (QED) is 0.913. The summed E-state index contributed by atoms with van der Waals surface area (Å²) in [5, 5.41) is 4.17. The average Bonchev–Trinajstić information content (AvgIpc) is 2.87. The number of carbonyl (C=O) groups is 1. The Labute approximate surface area is 116 Å². The van der Waals surface area contributed by atoms with Gasteiger partial charge in [0.25, 0.3) is 5.91 Å². The number of carbonyl (C=O) groups excluding carboxylic acids is 1. The third-order valence-corrected chi connectivity index (χ3v) is 2.85. The molecule has 0 spiro atoms. The Balaban J connectivity index is 2.34. The smallest absolute Gasteiger partial charge is 0.273 e. The van der Waals surface area contributed by atoms with Crippen molar-refractivity contribution < 1.29 is 9.18 Å². The van der Waals surface area contributed by atoms with Gasteiger partial charge in [-0.25, -0.2) is 9.07 Å². The average molecular weight is 276 g/mol. The molecular weight excluding hydrogens is 259 g/mol. The molecule has 0 aliphatic carbocycles. The number of rotatable bonds is 4. The van der Waals surface area contributed by atoms with E-state index < -0.39 is 0 Å². The second kappa shape index (κ2) is 5.83. The first-order valence-corrected chi connectivity index (χ1v) is 6.28. The lowest BCUT2D eigenvalue weighted by Gasteiger charge is -2.08. The summed E-state index contributed by atoms with van der Waals surface area (Å²) in [7, 11) is 3.31. The molecule has 5 nitrogen and oxygen atoms in total. The molecule has 6 heteroatoms. The topological polar surface area (TPSA) is 64.2 Å². The fourth-order valence-corrected chi connectivity index (χ4v) is 1.89. The summed E-state index contributed by atoms with van der Waals surface area (Å²) in [6.07, 6.45) is 2.23. The molecule has 2 N–H and O–H groups in total. The molecule has 1 aromatic heterocycles. The minimum absolute atomic E-state index is 0.192. The van der Waals surface area contributed by atoms with Crippen LogP contribution in [0.25, 0.3) is 5.69 Å². The van der Waals surface area contributed by atoms with Crippen molar-refractivity contribution in [3.05, 3.63) is 47.5 Å². The van der Waals surface area contributed by atoms with Crippen LogP contribution in [0.3, 0.4) is 0 Å². The Hall–Kier alpha value is -2.21. The van der Waals surface area contributed by atoms with E-state index in [4.69, 9.17) is 5.73 Å². The zero-order chi connectivity index (χ0) is 14.7. The zero-order valence-corrected chi connectivity index (χ0v) is 11.5. The van der Waals surface area contributed by atoms with Gasteiger partial charge >= 0.3 is 0 Å². The van der Waals surface area contributed by atoms with Crippen molar-refractivity contribution in [2.75, 3.05) is 20.6 Å². The summed E-state index contributed by atoms with van der Waals surface area (Å²) in [4.78, 5) is 13.2. The van der Waals surface area contributed by atoms with Crippen LogP contribution in [0, 0.1) is 5.82 Å². The van der Waals surface area contributed by atoms with E-state index >= 15 is 0 Å². The highest BCUT2D eigenvalue weighted by molar-refractivity contribution is 5.91. The van der Waals surface area contributed by atoms with Crippen LogP contribution in [0.2, 0.25) is 0 Å². The van der Waals surface area contributed by atoms with E-state index in [9.17, 15) is 9.18 Å². The van der Waals surface area contributed by atoms with Crippen molar-refractivity contribution >= 4 is 5.91 Å². The molecule has 2 aromatic rings. The maximum atomic E-state index is 13.6. The predicted octanol–water partition coefficient (Wildman–Crippen LogP) is 1.21. The largest absolute Gasteiger partial charge is 0.343 e. The third kappa shape index (κ3) is 3.03. The molecule has 0 bridgehead atoms. The number of amides is 1. The highest BCUT2D eigenvalue weighted by Gasteiger charge is 2.12. The molecule has 1 amide bonds. The molecule has 0 fully saturated rings. The Bertz CT molecular complexity index is 621. The molecular formula is C14H17FN4O. The molecule has 1 heterocycles. The Morgan fingerprint density at radius 1 is 1.40 bits per heavy atom. The first-order valence-electron chi connectivity index (χ1n) is 6.28. The van der Waals surface area contributed by atoms with E-state index in [0.717, 1.165) is 5.56 Å². The standard InChI is InChI=1S/C14H17FN4O/c1-18(2)14(20)13-4-6-19(17-13)12-8-10(3-5-16)7-11(15)9-12/h4,6-9H,3,5,16H2,1-2H3. The number of hydrogen-bond acceptors (Lipinski definition) is 3. The number of benzene rings is 1. The Morgan fingerprint density at radius 3 is 2.80 bits per heavy atom. The first-order chi connectivity index (χ1) is 9.51. The zero-order valence-electron chi connectivity index (χ0n) is 11.5. The summed E-state index contributed by atoms with van der Waals surface area (Å²) in [5.41, 5.74) is 7.18. The van der Waals surface area contributed by atoms with Crippen LogP contribution in [0.15, 0.2) is 30.5 Å². The number of nitrogens with two attached hydrogens (primary N) is 1. The fourth-order valence-electron chi connectivity index (χ4n) is 1.89. The summed E-state index contributed by atoms with van der Waals surface area (Å²) < 4.78 is 15.1. The van der Waals surface area contributed by atoms with Gasteiger partial charge in [-0.05, 0) is 42.8 Å². The van der Waals surface area contributed by atoms with E-state index in [-0.39, 0.29) is 11.7 Å². The summed E-state index contributed by atoms with van der Waals surface area (Å²) in [6, 6.07) is 6.24. The molecule has 0 aliphatic rings. The molecule has 0 aliphatic heterocycles. The van der Waals surface area contributed by atoms with Crippen LogP contribution in [0.1, 0.15) is 16.1 Å². The minimum atomic E-state index is -0.345. The molecule has 0 saturated carbocycles. The van der Waals surface area contributed by atoms with Crippen LogP contribution in [0.5, 0.6) is 0 Å². The van der Waals surface area contributed by atoms with E-state index in [1.54, 1.807) is 26.4 Å². The van der Waals surface area contributed by atoms with Crippen molar-refractivity contribution in [3.63, 3.8) is 0 Å². The lowest BCUT2D eigenvalue weighted by molar-refractivity contribution is 0.0821. The lowest BCUT2D eigenvalue weighted by atomic mass is 10.1. The van der Waals surface area contributed by atoms with Gasteiger partial charge in [-0.2, -0.15) is 5.10 Å². The van der Waals surface area contributed by atoms with Crippen molar-refractivity contribution in [2.45, 2.75) is 6.42 Å². The van der Waals surface area contributed by atoms with Gasteiger partial charge in [0.1, 0.15) is 5.82 Å². The number of hydrogen-bond donors (Lipinski definition) is 1. The maximum absolute atomic E-state index is 13.6. The summed E-state index contributed by atoms with van der Waals surface area (Å²) in [6.45, 7) is 0.451. The SMILES string of the molecule is CN(C)C(=O)c1ccn(-c2cc(F)cc(CCN)c2)n1. The monoisotopic (exact) mass is 276 g/mol. The molecule has 0 atom stereocenters. The molecule has 0 saturated heterocycles. The van der Waals surface area contributed by atoms with Gasteiger partial charge in [-0.15, -0.1) is 0 Å². The molecule has 0 radical (unpaired) electrons. The van der Waals surface area contributed by atoms with Crippen LogP contribution >= 0.6 is 0 Å². The van der Waals surface area contributed by atoms with Crippen molar-refractivity contribution in [1.29, 1.82) is 0 Å². The maximum Gasteiger partial charge on any atom is 0.273 e.